The van der Waals surface area contributed by atoms with Crippen LogP contribution in [0.15, 0.2) is 18.2 Å². The Morgan fingerprint density at radius 3 is 2.70 bits per heavy atom. The van der Waals surface area contributed by atoms with Crippen LogP contribution in [0.4, 0.5) is 4.79 Å². The molecule has 1 aromatic rings. The Morgan fingerprint density at radius 2 is 2.04 bits per heavy atom. The molecule has 1 aliphatic rings. The number of alkyl carbamates (subject to hydrolysis) is 1. The highest BCUT2D eigenvalue weighted by Crippen LogP contribution is 2.42. The molecular formula is C19H25NO7. The van der Waals surface area contributed by atoms with Gasteiger partial charge in [0.05, 0.1) is 7.11 Å². The van der Waals surface area contributed by atoms with E-state index < -0.39 is 23.8 Å². The zero-order chi connectivity index (χ0) is 20.0. The lowest BCUT2D eigenvalue weighted by molar-refractivity contribution is -0.145. The molecule has 27 heavy (non-hydrogen) atoms. The first-order valence-electron chi connectivity index (χ1n) is 8.50. The van der Waals surface area contributed by atoms with E-state index in [0.717, 1.165) is 5.56 Å². The molecule has 1 aromatic carbocycles. The van der Waals surface area contributed by atoms with Gasteiger partial charge in [-0.05, 0) is 51.5 Å². The molecule has 0 aromatic heterocycles. The molecule has 0 aliphatic carbocycles. The van der Waals surface area contributed by atoms with Gasteiger partial charge < -0.3 is 29.0 Å². The first-order chi connectivity index (χ1) is 12.7. The standard InChI is InChI=1S/C19H25NO7/c1-12(26-16(21)10-20-18(22)27-19(2,3)4)6-7-13-8-14(23-5)17-15(9-13)24-11-25-17/h6-9,12H,10-11H2,1-5H3,(H,20,22)/b7-6+/t12-/m1/s1. The summed E-state index contributed by atoms with van der Waals surface area (Å²) in [6.07, 6.45) is 2.33. The summed E-state index contributed by atoms with van der Waals surface area (Å²) in [7, 11) is 1.55. The molecule has 8 heteroatoms. The number of hydrogen-bond acceptors (Lipinski definition) is 7. The maximum Gasteiger partial charge on any atom is 0.408 e. The number of hydrogen-bond donors (Lipinski definition) is 1. The van der Waals surface area contributed by atoms with Crippen LogP contribution in [0.2, 0.25) is 0 Å². The second-order valence-corrected chi connectivity index (χ2v) is 6.87. The Labute approximate surface area is 158 Å². The van der Waals surface area contributed by atoms with E-state index in [1.807, 2.05) is 0 Å². The van der Waals surface area contributed by atoms with Gasteiger partial charge in [0.25, 0.3) is 0 Å². The molecule has 0 saturated carbocycles. The van der Waals surface area contributed by atoms with Gasteiger partial charge in [0.1, 0.15) is 18.2 Å². The van der Waals surface area contributed by atoms with E-state index in [2.05, 4.69) is 5.32 Å². The van der Waals surface area contributed by atoms with Gasteiger partial charge in [0.2, 0.25) is 12.5 Å². The second-order valence-electron chi connectivity index (χ2n) is 6.87. The van der Waals surface area contributed by atoms with Gasteiger partial charge in [0, 0.05) is 0 Å². The smallest absolute Gasteiger partial charge is 0.408 e. The fourth-order valence-electron chi connectivity index (χ4n) is 2.24. The van der Waals surface area contributed by atoms with Crippen LogP contribution in [0.1, 0.15) is 33.3 Å². The molecule has 1 heterocycles. The predicted molar refractivity (Wildman–Crippen MR) is 97.9 cm³/mol. The zero-order valence-corrected chi connectivity index (χ0v) is 16.2. The van der Waals surface area contributed by atoms with E-state index in [-0.39, 0.29) is 13.3 Å². The van der Waals surface area contributed by atoms with Crippen LogP contribution in [-0.4, -0.2) is 44.2 Å². The number of esters is 1. The van der Waals surface area contributed by atoms with Gasteiger partial charge in [-0.15, -0.1) is 0 Å². The van der Waals surface area contributed by atoms with Gasteiger partial charge in [0.15, 0.2) is 11.5 Å². The SMILES string of the molecule is COc1cc(/C=C/[C@@H](C)OC(=O)CNC(=O)OC(C)(C)C)cc2c1OCO2. The summed E-state index contributed by atoms with van der Waals surface area (Å²) < 4.78 is 26.3. The maximum atomic E-state index is 11.8. The molecule has 1 aliphatic heterocycles. The van der Waals surface area contributed by atoms with Crippen molar-refractivity contribution in [2.24, 2.45) is 0 Å². The maximum absolute atomic E-state index is 11.8. The lowest BCUT2D eigenvalue weighted by Gasteiger charge is -2.19. The normalized spacial score (nSPS) is 14.0. The summed E-state index contributed by atoms with van der Waals surface area (Å²) in [5.41, 5.74) is 0.182. The number of fused-ring (bicyclic) bond motifs is 1. The first-order valence-corrected chi connectivity index (χ1v) is 8.50. The zero-order valence-electron chi connectivity index (χ0n) is 16.2. The number of methoxy groups -OCH3 is 1. The van der Waals surface area contributed by atoms with Crippen LogP contribution in [-0.2, 0) is 14.3 Å². The lowest BCUT2D eigenvalue weighted by Crippen LogP contribution is -2.36. The minimum absolute atomic E-state index is 0.150. The first kappa shape index (κ1) is 20.4. The Balaban J connectivity index is 1.85. The summed E-state index contributed by atoms with van der Waals surface area (Å²) in [6, 6.07) is 3.60. The van der Waals surface area contributed by atoms with Crippen molar-refractivity contribution < 1.29 is 33.3 Å². The van der Waals surface area contributed by atoms with Crippen LogP contribution >= 0.6 is 0 Å². The molecule has 0 spiro atoms. The Kier molecular flexibility index (Phi) is 6.55. The van der Waals surface area contributed by atoms with E-state index in [0.29, 0.717) is 17.2 Å². The molecule has 148 valence electrons. The highest BCUT2D eigenvalue weighted by molar-refractivity contribution is 5.78. The molecule has 0 fully saturated rings. The molecule has 1 atom stereocenters. The minimum atomic E-state index is -0.671. The van der Waals surface area contributed by atoms with Crippen LogP contribution < -0.4 is 19.5 Å². The van der Waals surface area contributed by atoms with Crippen molar-refractivity contribution in [1.82, 2.24) is 5.32 Å². The average molecular weight is 379 g/mol. The number of rotatable bonds is 6. The van der Waals surface area contributed by atoms with Crippen LogP contribution in [0, 0.1) is 0 Å². The Bertz CT molecular complexity index is 722. The van der Waals surface area contributed by atoms with E-state index in [1.54, 1.807) is 59.1 Å². The number of benzene rings is 1. The summed E-state index contributed by atoms with van der Waals surface area (Å²) in [6.45, 7) is 6.81. The molecule has 8 nitrogen and oxygen atoms in total. The van der Waals surface area contributed by atoms with Gasteiger partial charge in [-0.25, -0.2) is 4.79 Å². The highest BCUT2D eigenvalue weighted by atomic mass is 16.7. The largest absolute Gasteiger partial charge is 0.493 e. The van der Waals surface area contributed by atoms with Crippen LogP contribution in [0.3, 0.4) is 0 Å². The monoisotopic (exact) mass is 379 g/mol. The molecule has 1 amide bonds. The molecular weight excluding hydrogens is 354 g/mol. The second kappa shape index (κ2) is 8.66. The van der Waals surface area contributed by atoms with E-state index >= 15 is 0 Å². The predicted octanol–water partition coefficient (Wildman–Crippen LogP) is 2.89. The van der Waals surface area contributed by atoms with Crippen molar-refractivity contribution in [1.29, 1.82) is 0 Å². The minimum Gasteiger partial charge on any atom is -0.493 e. The Morgan fingerprint density at radius 1 is 1.30 bits per heavy atom. The van der Waals surface area contributed by atoms with Crippen LogP contribution in [0.25, 0.3) is 6.08 Å². The van der Waals surface area contributed by atoms with Gasteiger partial charge in [-0.2, -0.15) is 0 Å². The molecule has 0 radical (unpaired) electrons. The Hall–Kier alpha value is -2.90. The number of carbonyl (C=O) groups excluding carboxylic acids is 2. The summed E-state index contributed by atoms with van der Waals surface area (Å²) in [5, 5.41) is 2.35. The van der Waals surface area contributed by atoms with Gasteiger partial charge >= 0.3 is 12.1 Å². The third kappa shape index (κ3) is 6.40. The summed E-state index contributed by atoms with van der Waals surface area (Å²) >= 11 is 0. The number of amides is 1. The van der Waals surface area contributed by atoms with Crippen molar-refractivity contribution in [2.45, 2.75) is 39.4 Å². The van der Waals surface area contributed by atoms with Crippen molar-refractivity contribution in [3.05, 3.63) is 23.8 Å². The number of ether oxygens (including phenoxy) is 5. The lowest BCUT2D eigenvalue weighted by atomic mass is 10.1. The highest BCUT2D eigenvalue weighted by Gasteiger charge is 2.20. The average Bonchev–Trinajstić information content (AvgIpc) is 3.04. The van der Waals surface area contributed by atoms with Crippen molar-refractivity contribution in [3.63, 3.8) is 0 Å². The molecule has 0 unspecified atom stereocenters. The van der Waals surface area contributed by atoms with Gasteiger partial charge in [-0.3, -0.25) is 4.79 Å². The summed E-state index contributed by atoms with van der Waals surface area (Å²) in [5.74, 6) is 1.17. The van der Waals surface area contributed by atoms with E-state index in [1.165, 1.54) is 0 Å². The quantitative estimate of drug-likeness (QED) is 0.760. The molecule has 2 rings (SSSR count). The number of carbonyl (C=O) groups is 2. The van der Waals surface area contributed by atoms with Gasteiger partial charge in [-0.1, -0.05) is 6.08 Å². The molecule has 0 bridgehead atoms. The number of nitrogens with one attached hydrogen (secondary N) is 1. The fourth-order valence-corrected chi connectivity index (χ4v) is 2.24. The van der Waals surface area contributed by atoms with Crippen molar-refractivity contribution in [3.8, 4) is 17.2 Å². The van der Waals surface area contributed by atoms with E-state index in [9.17, 15) is 9.59 Å². The third-order valence-electron chi connectivity index (χ3n) is 3.33. The van der Waals surface area contributed by atoms with Crippen molar-refractivity contribution >= 4 is 18.1 Å². The molecule has 0 saturated heterocycles. The topological polar surface area (TPSA) is 92.3 Å². The van der Waals surface area contributed by atoms with Crippen molar-refractivity contribution in [2.75, 3.05) is 20.4 Å². The fraction of sp³-hybridized carbons (Fsp3) is 0.474. The third-order valence-corrected chi connectivity index (χ3v) is 3.33. The molecule has 1 N–H and O–H groups in total. The van der Waals surface area contributed by atoms with E-state index in [4.69, 9.17) is 23.7 Å². The summed E-state index contributed by atoms with van der Waals surface area (Å²) in [4.78, 5) is 23.3. The van der Waals surface area contributed by atoms with Crippen LogP contribution in [0.5, 0.6) is 17.2 Å².